The number of esters is 1. The number of nitrogens with zero attached hydrogens (tertiary/aromatic N) is 6. The van der Waals surface area contributed by atoms with Crippen LogP contribution in [0.15, 0.2) is 155 Å². The maximum absolute atomic E-state index is 14.4. The molecule has 6 aromatic rings. The second-order valence-electron chi connectivity index (χ2n) is 33.0. The van der Waals surface area contributed by atoms with Gasteiger partial charge < -0.3 is 63.1 Å². The highest BCUT2D eigenvalue weighted by Gasteiger charge is 2.67. The number of ether oxygens (including phenoxy) is 9. The van der Waals surface area contributed by atoms with Gasteiger partial charge in [0.15, 0.2) is 59.4 Å². The van der Waals surface area contributed by atoms with Crippen molar-refractivity contribution >= 4 is 47.0 Å². The number of carboxylic acid groups (broad SMARTS) is 1. The number of carbonyl (C=O) groups excluding carboxylic acids is 3. The van der Waals surface area contributed by atoms with E-state index in [1.807, 2.05) is 53.6 Å². The minimum absolute atomic E-state index is 0.0143. The zero-order chi connectivity index (χ0) is 82.5. The summed E-state index contributed by atoms with van der Waals surface area (Å²) in [6.07, 6.45) is 1.21. The lowest BCUT2D eigenvalue weighted by Crippen LogP contribution is -2.74. The highest BCUT2D eigenvalue weighted by atomic mass is 32.2. The normalized spacial score (nSPS) is 27.4. The third-order valence-electron chi connectivity index (χ3n) is 26.7. The number of aliphatic hydroxyl groups is 3. The molecule has 117 heavy (non-hydrogen) atoms. The average Bonchev–Trinajstić information content (AvgIpc) is 1.65. The number of likely N-dealkylation sites (N-methyl/N-ethyl adjacent to an activating group) is 2. The van der Waals surface area contributed by atoms with Gasteiger partial charge in [-0.1, -0.05) is 123 Å². The van der Waals surface area contributed by atoms with Crippen LogP contribution in [0.2, 0.25) is 0 Å². The number of benzene rings is 6. The summed E-state index contributed by atoms with van der Waals surface area (Å²) in [7, 11) is 7.15. The van der Waals surface area contributed by atoms with Crippen LogP contribution >= 0.6 is 23.5 Å². The molecule has 0 spiro atoms. The van der Waals surface area contributed by atoms with E-state index in [-0.39, 0.29) is 106 Å². The van der Waals surface area contributed by atoms with Gasteiger partial charge in [0.05, 0.1) is 54.7 Å². The average molecular weight is 1630 g/mol. The second-order valence-corrected chi connectivity index (χ2v) is 35.1. The number of fused-ring (bicyclic) bond motifs is 22. The summed E-state index contributed by atoms with van der Waals surface area (Å²) >= 11 is 3.46. The lowest BCUT2D eigenvalue weighted by Gasteiger charge is -2.62. The molecule has 6 fully saturated rings. The summed E-state index contributed by atoms with van der Waals surface area (Å²) in [5, 5.41) is 66.2. The Morgan fingerprint density at radius 1 is 0.564 bits per heavy atom. The number of aliphatic carboxylic acids is 1. The third kappa shape index (κ3) is 13.4. The molecule has 0 aromatic heterocycles. The van der Waals surface area contributed by atoms with Crippen molar-refractivity contribution in [3.05, 3.63) is 221 Å². The molecule has 4 aliphatic carbocycles. The molecular formula is C92H100N6O17S2. The SMILES string of the molecule is COCOc1c(C)c(C)cc2c1[C@@H]1C3CC4(O)C(=O)C(C)=C5OCOC5=C4[C@H](CO)N3[C@@H](C#N)[C@H](C2)N1C.COCOc1c(C)c(C)cc2c1[C@@H]1C3CC4(O)C(=O)C(C)=C5OCOC5=C4[C@H](COC(=O)[C@H](C)CSCC4c5ccccc5-c5ccccc54)N3[C@@H](C#N)[C@H](C2)N1C.C[C@H](CSCC1c2ccccc2-c2ccccc21)C(=O)O. The van der Waals surface area contributed by atoms with Crippen molar-refractivity contribution in [1.82, 2.24) is 19.6 Å². The fourth-order valence-corrected chi connectivity index (χ4v) is 23.4. The molecule has 14 atom stereocenters. The topological polar surface area (TPSA) is 293 Å². The molecule has 6 aromatic carbocycles. The maximum Gasteiger partial charge on any atom is 0.309 e. The van der Waals surface area contributed by atoms with Crippen molar-refractivity contribution in [3.63, 3.8) is 0 Å². The van der Waals surface area contributed by atoms with Crippen LogP contribution in [-0.4, -0.2) is 215 Å². The highest BCUT2D eigenvalue weighted by Crippen LogP contribution is 2.60. The van der Waals surface area contributed by atoms with Crippen LogP contribution in [-0.2, 0) is 65.2 Å². The van der Waals surface area contributed by atoms with E-state index < -0.39 is 77.5 Å². The van der Waals surface area contributed by atoms with Gasteiger partial charge in [0.2, 0.25) is 13.6 Å². The quantitative estimate of drug-likeness (QED) is 0.0433. The van der Waals surface area contributed by atoms with E-state index in [1.165, 1.54) is 44.5 Å². The Kier molecular flexibility index (Phi) is 22.6. The molecule has 8 aliphatic heterocycles. The standard InChI is InChI=1S/C46H49N3O8S.C28H33N3O7.C18H18O2S/c1-24-15-28-16-34-36(18-47)49-35(40(48(34)5)38(28)41(26(24)3)55-22-53-6)17-46(52)39(43-42(56-23-57-43)27(4)44(46)50)37(49)19-54-45(51)25(2)20-58-21-33-31-13-9-7-11-29(31)30-12-8-10-14-32(30)33;1-13-6-16-7-17-19(9-29)31-18(23(30(17)4)21(16)24(14(13)2)36-11-35-5)8-28(34)22(20(31)10-32)26-25(37-12-38-26)15(3)27(28)33;1-12(18(19)20)10-21-11-17-15-8-4-2-6-13(15)14-7-3-5-9-16(14)17/h7-15,25,33-37,40,52H,16-17,19-23H2,1-6H3;6,17-20,23,32,34H,7-8,10-12H2,1-5H3;2-9,12,17H,10-11H2,1H3,(H,19,20)/t25-,34+,35?,36+,37+,40+,46?;17-,18?,19-,20-,23-,28?;12-/m101/s1. The van der Waals surface area contributed by atoms with Crippen LogP contribution in [0, 0.1) is 62.2 Å². The molecule has 4 unspecified atom stereocenters. The molecule has 4 N–H and O–H groups in total. The molecule has 0 saturated carbocycles. The van der Waals surface area contributed by atoms with E-state index in [1.54, 1.807) is 58.5 Å². The van der Waals surface area contributed by atoms with Gasteiger partial charge in [-0.2, -0.15) is 34.0 Å². The Balaban J connectivity index is 0.000000148. The molecule has 4 bridgehead atoms. The number of hydrogen-bond donors (Lipinski definition) is 4. The van der Waals surface area contributed by atoms with E-state index in [0.717, 1.165) is 61.8 Å². The van der Waals surface area contributed by atoms with Gasteiger partial charge in [-0.3, -0.25) is 38.8 Å². The monoisotopic (exact) mass is 1620 g/mol. The number of Topliss-reactive ketones (excluding diaryl/α,β-unsaturated/α-hetero) is 2. The number of ketones is 2. The van der Waals surface area contributed by atoms with Gasteiger partial charge in [-0.05, 0) is 146 Å². The Morgan fingerprint density at radius 2 is 0.940 bits per heavy atom. The summed E-state index contributed by atoms with van der Waals surface area (Å²) in [5.41, 5.74) is 16.0. The number of piperidine rings is 2. The number of rotatable bonds is 19. The van der Waals surface area contributed by atoms with Crippen molar-refractivity contribution < 1.29 is 82.2 Å². The fourth-order valence-electron chi connectivity index (χ4n) is 20.9. The van der Waals surface area contributed by atoms with Gasteiger partial charge in [0, 0.05) is 119 Å². The number of carboxylic acids is 1. The van der Waals surface area contributed by atoms with Gasteiger partial charge in [-0.25, -0.2) is 0 Å². The molecule has 612 valence electrons. The number of aliphatic hydroxyl groups excluding tert-OH is 1. The van der Waals surface area contributed by atoms with E-state index in [0.29, 0.717) is 64.3 Å². The Morgan fingerprint density at radius 3 is 1.32 bits per heavy atom. The number of methoxy groups -OCH3 is 2. The fraction of sp³-hybridized carbons (Fsp3) is 0.457. The summed E-state index contributed by atoms with van der Waals surface area (Å²) in [4.78, 5) is 61.5. The molecule has 12 aliphatic rings. The number of hydrogen-bond acceptors (Lipinski definition) is 24. The van der Waals surface area contributed by atoms with Crippen LogP contribution in [0.25, 0.3) is 22.3 Å². The molecule has 18 rings (SSSR count). The Labute approximate surface area is 690 Å². The Bertz CT molecular complexity index is 5170. The van der Waals surface area contributed by atoms with E-state index >= 15 is 0 Å². The molecule has 6 saturated heterocycles. The number of thioether (sulfide) groups is 2. The minimum Gasteiger partial charge on any atom is -0.481 e. The molecule has 25 heteroatoms. The molecule has 8 heterocycles. The highest BCUT2D eigenvalue weighted by molar-refractivity contribution is 7.99. The number of piperazine rings is 2. The van der Waals surface area contributed by atoms with Crippen LogP contribution in [0.3, 0.4) is 0 Å². The third-order valence-corrected chi connectivity index (χ3v) is 29.3. The lowest BCUT2D eigenvalue weighted by atomic mass is 9.64. The second kappa shape index (κ2) is 32.4. The zero-order valence-electron chi connectivity index (χ0n) is 68.0. The number of carbonyl (C=O) groups is 4. The van der Waals surface area contributed by atoms with Crippen LogP contribution < -0.4 is 9.47 Å². The smallest absolute Gasteiger partial charge is 0.309 e. The first-order chi connectivity index (χ1) is 56.4. The predicted octanol–water partition coefficient (Wildman–Crippen LogP) is 11.7. The summed E-state index contributed by atoms with van der Waals surface area (Å²) < 4.78 is 52.5. The van der Waals surface area contributed by atoms with Crippen molar-refractivity contribution in [2.45, 2.75) is 165 Å². The van der Waals surface area contributed by atoms with Crippen molar-refractivity contribution in [1.29, 1.82) is 10.5 Å². The van der Waals surface area contributed by atoms with Gasteiger partial charge in [0.25, 0.3) is 0 Å². The first-order valence-corrected chi connectivity index (χ1v) is 42.4. The van der Waals surface area contributed by atoms with Gasteiger partial charge >= 0.3 is 11.9 Å². The van der Waals surface area contributed by atoms with E-state index in [4.69, 9.17) is 47.7 Å². The first kappa shape index (κ1) is 81.4. The number of aryl methyl sites for hydroxylation is 2. The summed E-state index contributed by atoms with van der Waals surface area (Å²) in [5.74, 6) is 3.42. The zero-order valence-corrected chi connectivity index (χ0v) is 69.6. The number of nitriles is 2. The molecule has 0 radical (unpaired) electrons. The Hall–Kier alpha value is -9.32. The lowest BCUT2D eigenvalue weighted by molar-refractivity contribution is -0.160. The van der Waals surface area contributed by atoms with Crippen LogP contribution in [0.5, 0.6) is 11.5 Å². The van der Waals surface area contributed by atoms with Crippen molar-refractivity contribution in [2.24, 2.45) is 11.8 Å². The van der Waals surface area contributed by atoms with Crippen LogP contribution in [0.4, 0.5) is 0 Å². The maximum atomic E-state index is 14.4. The molecule has 0 amide bonds. The van der Waals surface area contributed by atoms with E-state index in [9.17, 15) is 45.0 Å². The van der Waals surface area contributed by atoms with Gasteiger partial charge in [-0.15, -0.1) is 0 Å². The summed E-state index contributed by atoms with van der Waals surface area (Å²) in [6, 6.07) is 38.5. The summed E-state index contributed by atoms with van der Waals surface area (Å²) in [6.45, 7) is 14.4. The van der Waals surface area contributed by atoms with E-state index in [2.05, 4.69) is 136 Å². The van der Waals surface area contributed by atoms with Crippen molar-refractivity contribution in [2.75, 3.05) is 91.7 Å². The van der Waals surface area contributed by atoms with Gasteiger partial charge in [0.1, 0.15) is 30.2 Å². The first-order valence-electron chi connectivity index (χ1n) is 40.1. The molecular weight excluding hydrogens is 1530 g/mol. The largest absolute Gasteiger partial charge is 0.481 e. The van der Waals surface area contributed by atoms with Crippen molar-refractivity contribution in [3.8, 4) is 45.9 Å². The molecule has 23 nitrogen and oxygen atoms in total. The minimum atomic E-state index is -2.00. The predicted molar refractivity (Wildman–Crippen MR) is 439 cm³/mol. The van der Waals surface area contributed by atoms with Crippen LogP contribution in [0.1, 0.15) is 131 Å².